The molecule has 0 aromatic heterocycles. The van der Waals surface area contributed by atoms with Gasteiger partial charge in [0.1, 0.15) is 0 Å². The monoisotopic (exact) mass is 224 g/mol. The lowest BCUT2D eigenvalue weighted by Crippen LogP contribution is -1.99. The van der Waals surface area contributed by atoms with Gasteiger partial charge in [0.2, 0.25) is 0 Å². The van der Waals surface area contributed by atoms with E-state index < -0.39 is 6.10 Å². The predicted octanol–water partition coefficient (Wildman–Crippen LogP) is 4.04. The lowest BCUT2D eigenvalue weighted by Gasteiger charge is -2.13. The smallest absolute Gasteiger partial charge is 0.0827 e. The Morgan fingerprint density at radius 1 is 1.53 bits per heavy atom. The molecule has 0 bridgehead atoms. The van der Waals surface area contributed by atoms with Crippen molar-refractivity contribution in [1.29, 1.82) is 0 Å². The molecule has 0 aliphatic rings. The number of aryl methyl sites for hydroxylation is 1. The Kier molecular flexibility index (Phi) is 4.37. The lowest BCUT2D eigenvalue weighted by atomic mass is 10.00. The van der Waals surface area contributed by atoms with E-state index >= 15 is 0 Å². The van der Waals surface area contributed by atoms with E-state index in [4.69, 9.17) is 11.6 Å². The fraction of sp³-hybridized carbons (Fsp3) is 0.385. The minimum atomic E-state index is -0.464. The topological polar surface area (TPSA) is 20.2 Å². The summed E-state index contributed by atoms with van der Waals surface area (Å²) in [6.07, 6.45) is 1.06. The first-order valence-corrected chi connectivity index (χ1v) is 5.53. The second-order valence-corrected chi connectivity index (χ2v) is 4.24. The van der Waals surface area contributed by atoms with E-state index in [1.165, 1.54) is 0 Å². The highest BCUT2D eigenvalue weighted by molar-refractivity contribution is 6.31. The van der Waals surface area contributed by atoms with Gasteiger partial charge in [0, 0.05) is 5.02 Å². The van der Waals surface area contributed by atoms with Gasteiger partial charge in [0.15, 0.2) is 0 Å². The number of aliphatic hydroxyl groups is 1. The van der Waals surface area contributed by atoms with Gasteiger partial charge in [-0.25, -0.2) is 0 Å². The fourth-order valence-electron chi connectivity index (χ4n) is 1.41. The van der Waals surface area contributed by atoms with Gasteiger partial charge in [-0.3, -0.25) is 0 Å². The number of rotatable bonds is 4. The average molecular weight is 225 g/mol. The van der Waals surface area contributed by atoms with Gasteiger partial charge in [0.25, 0.3) is 0 Å². The Bertz CT molecular complexity index is 358. The summed E-state index contributed by atoms with van der Waals surface area (Å²) in [5.74, 6) is 0. The molecule has 1 N–H and O–H groups in total. The van der Waals surface area contributed by atoms with Crippen molar-refractivity contribution in [3.8, 4) is 0 Å². The van der Waals surface area contributed by atoms with E-state index in [0.717, 1.165) is 28.1 Å². The van der Waals surface area contributed by atoms with Crippen LogP contribution in [-0.2, 0) is 0 Å². The van der Waals surface area contributed by atoms with Crippen LogP contribution >= 0.6 is 11.6 Å². The second-order valence-electron chi connectivity index (χ2n) is 3.83. The molecule has 2 heteroatoms. The zero-order valence-electron chi connectivity index (χ0n) is 9.26. The van der Waals surface area contributed by atoms with Crippen LogP contribution in [0.3, 0.4) is 0 Å². The van der Waals surface area contributed by atoms with Crippen molar-refractivity contribution in [2.75, 3.05) is 0 Å². The van der Waals surface area contributed by atoms with E-state index in [2.05, 4.69) is 6.58 Å². The quantitative estimate of drug-likeness (QED) is 0.766. The first-order valence-electron chi connectivity index (χ1n) is 5.15. The van der Waals surface area contributed by atoms with E-state index in [-0.39, 0.29) is 0 Å². The molecular formula is C13H17ClO. The van der Waals surface area contributed by atoms with Gasteiger partial charge in [-0.15, -0.1) is 0 Å². The van der Waals surface area contributed by atoms with Crippen molar-refractivity contribution in [3.63, 3.8) is 0 Å². The standard InChI is InChI=1S/C13H17ClO/c1-4-9(2)7-13(15)11-5-6-12(14)10(3)8-11/h5-6,8,13,15H,2,4,7H2,1,3H3. The van der Waals surface area contributed by atoms with Crippen molar-refractivity contribution in [1.82, 2.24) is 0 Å². The molecule has 0 saturated heterocycles. The third-order valence-corrected chi connectivity index (χ3v) is 2.97. The molecule has 1 aromatic rings. The molecule has 1 nitrogen and oxygen atoms in total. The zero-order valence-corrected chi connectivity index (χ0v) is 10.0. The van der Waals surface area contributed by atoms with Gasteiger partial charge in [-0.1, -0.05) is 42.8 Å². The molecule has 1 unspecified atom stereocenters. The summed E-state index contributed by atoms with van der Waals surface area (Å²) in [6, 6.07) is 5.61. The molecule has 0 aliphatic heterocycles. The molecule has 0 heterocycles. The van der Waals surface area contributed by atoms with Gasteiger partial charge < -0.3 is 5.11 Å². The lowest BCUT2D eigenvalue weighted by molar-refractivity contribution is 0.177. The highest BCUT2D eigenvalue weighted by atomic mass is 35.5. The summed E-state index contributed by atoms with van der Waals surface area (Å²) >= 11 is 5.92. The van der Waals surface area contributed by atoms with Crippen LogP contribution in [0, 0.1) is 6.92 Å². The Morgan fingerprint density at radius 2 is 2.20 bits per heavy atom. The van der Waals surface area contributed by atoms with Crippen LogP contribution in [0.25, 0.3) is 0 Å². The molecule has 0 radical (unpaired) electrons. The van der Waals surface area contributed by atoms with Gasteiger partial charge in [0.05, 0.1) is 6.10 Å². The normalized spacial score (nSPS) is 12.5. The number of aliphatic hydroxyl groups excluding tert-OH is 1. The molecule has 1 rings (SSSR count). The molecular weight excluding hydrogens is 208 g/mol. The Balaban J connectivity index is 2.78. The minimum absolute atomic E-state index is 0.464. The van der Waals surface area contributed by atoms with Crippen molar-refractivity contribution >= 4 is 11.6 Å². The maximum absolute atomic E-state index is 9.93. The Hall–Kier alpha value is -0.790. The van der Waals surface area contributed by atoms with E-state index in [9.17, 15) is 5.11 Å². The van der Waals surface area contributed by atoms with Gasteiger partial charge in [-0.05, 0) is 37.0 Å². The molecule has 82 valence electrons. The summed E-state index contributed by atoms with van der Waals surface area (Å²) in [4.78, 5) is 0. The fourth-order valence-corrected chi connectivity index (χ4v) is 1.53. The highest BCUT2D eigenvalue weighted by Crippen LogP contribution is 2.25. The van der Waals surface area contributed by atoms with Crippen LogP contribution in [0.15, 0.2) is 30.4 Å². The molecule has 1 atom stereocenters. The number of hydrogen-bond donors (Lipinski definition) is 1. The summed E-state index contributed by atoms with van der Waals surface area (Å²) < 4.78 is 0. The van der Waals surface area contributed by atoms with Gasteiger partial charge >= 0.3 is 0 Å². The Morgan fingerprint density at radius 3 is 2.73 bits per heavy atom. The minimum Gasteiger partial charge on any atom is -0.388 e. The van der Waals surface area contributed by atoms with Crippen LogP contribution in [0.1, 0.15) is 37.0 Å². The van der Waals surface area contributed by atoms with Crippen LogP contribution in [0.4, 0.5) is 0 Å². The van der Waals surface area contributed by atoms with Crippen LogP contribution < -0.4 is 0 Å². The van der Waals surface area contributed by atoms with Crippen molar-refractivity contribution in [3.05, 3.63) is 46.5 Å². The van der Waals surface area contributed by atoms with Crippen LogP contribution in [0.2, 0.25) is 5.02 Å². The number of hydrogen-bond acceptors (Lipinski definition) is 1. The first kappa shape index (κ1) is 12.3. The maximum Gasteiger partial charge on any atom is 0.0827 e. The summed E-state index contributed by atoms with van der Waals surface area (Å²) in [6.45, 7) is 7.87. The third kappa shape index (κ3) is 3.37. The highest BCUT2D eigenvalue weighted by Gasteiger charge is 2.09. The molecule has 0 aliphatic carbocycles. The predicted molar refractivity (Wildman–Crippen MR) is 65.2 cm³/mol. The maximum atomic E-state index is 9.93. The molecule has 1 aromatic carbocycles. The third-order valence-electron chi connectivity index (χ3n) is 2.55. The molecule has 0 spiro atoms. The first-order chi connectivity index (χ1) is 7.04. The van der Waals surface area contributed by atoms with E-state index in [1.807, 2.05) is 32.0 Å². The van der Waals surface area contributed by atoms with Crippen molar-refractivity contribution in [2.45, 2.75) is 32.8 Å². The summed E-state index contributed by atoms with van der Waals surface area (Å²) in [5, 5.41) is 10.7. The second kappa shape index (κ2) is 5.34. The average Bonchev–Trinajstić information content (AvgIpc) is 2.21. The number of benzene rings is 1. The van der Waals surface area contributed by atoms with E-state index in [1.54, 1.807) is 0 Å². The largest absolute Gasteiger partial charge is 0.388 e. The van der Waals surface area contributed by atoms with Crippen molar-refractivity contribution < 1.29 is 5.11 Å². The van der Waals surface area contributed by atoms with Crippen molar-refractivity contribution in [2.24, 2.45) is 0 Å². The molecule has 15 heavy (non-hydrogen) atoms. The van der Waals surface area contributed by atoms with Gasteiger partial charge in [-0.2, -0.15) is 0 Å². The molecule has 0 amide bonds. The van der Waals surface area contributed by atoms with E-state index in [0.29, 0.717) is 6.42 Å². The summed E-state index contributed by atoms with van der Waals surface area (Å²) in [7, 11) is 0. The van der Waals surface area contributed by atoms with Crippen LogP contribution in [-0.4, -0.2) is 5.11 Å². The Labute approximate surface area is 96.4 Å². The summed E-state index contributed by atoms with van der Waals surface area (Å²) in [5.41, 5.74) is 2.97. The zero-order chi connectivity index (χ0) is 11.4. The number of halogens is 1. The molecule has 0 saturated carbocycles. The SMILES string of the molecule is C=C(CC)CC(O)c1ccc(Cl)c(C)c1. The molecule has 0 fully saturated rings. The van der Waals surface area contributed by atoms with Crippen LogP contribution in [0.5, 0.6) is 0 Å².